The number of hydrogen-bond donors (Lipinski definition) is 1. The number of carbonyl (C=O) groups excluding carboxylic acids is 1. The molecule has 84 valence electrons. The predicted molar refractivity (Wildman–Crippen MR) is 38.0 cm³/mol. The Morgan fingerprint density at radius 2 is 1.50 bits per heavy atom. The molecule has 1 amide bonds. The normalized spacial score (nSPS) is 17.1. The van der Waals surface area contributed by atoms with Gasteiger partial charge < -0.3 is 5.32 Å². The van der Waals surface area contributed by atoms with Gasteiger partial charge in [0, 0.05) is 12.3 Å². The summed E-state index contributed by atoms with van der Waals surface area (Å²) in [6.07, 6.45) is -12.1. The van der Waals surface area contributed by atoms with Crippen molar-refractivity contribution < 1.29 is 31.1 Å². The van der Waals surface area contributed by atoms with Crippen molar-refractivity contribution in [3.63, 3.8) is 0 Å². The van der Waals surface area contributed by atoms with Gasteiger partial charge in [-0.1, -0.05) is 11.8 Å². The van der Waals surface area contributed by atoms with Crippen molar-refractivity contribution in [3.8, 4) is 0 Å². The van der Waals surface area contributed by atoms with E-state index in [1.807, 2.05) is 0 Å². The molecule has 0 aromatic carbocycles. The molecule has 0 unspecified atom stereocenters. The van der Waals surface area contributed by atoms with Crippen molar-refractivity contribution >= 4 is 17.0 Å². The average Bonchev–Trinajstić information content (AvgIpc) is 2.35. The maximum absolute atomic E-state index is 10.4. The topological polar surface area (TPSA) is 29.1 Å². The molecule has 2 nitrogen and oxygen atoms in total. The summed E-state index contributed by atoms with van der Waals surface area (Å²) in [7, 11) is 0. The third-order valence-electron chi connectivity index (χ3n) is 0.926. The van der Waals surface area contributed by atoms with Crippen LogP contribution in [0.2, 0.25) is 0 Å². The van der Waals surface area contributed by atoms with Crippen molar-refractivity contribution in [1.82, 2.24) is 5.32 Å². The van der Waals surface area contributed by atoms with Crippen LogP contribution in [0.4, 0.5) is 31.1 Å². The van der Waals surface area contributed by atoms with E-state index >= 15 is 0 Å². The molecule has 0 atom stereocenters. The standard InChI is InChI=1S/C3H5NOS.C2F6/c5-3-4-1-2-6-3;3-1(4,5)2(6,7)8/h1-2H2,(H,4,5);. The summed E-state index contributed by atoms with van der Waals surface area (Å²) in [4.78, 5) is 10.1. The van der Waals surface area contributed by atoms with Gasteiger partial charge >= 0.3 is 12.4 Å². The number of alkyl halides is 6. The van der Waals surface area contributed by atoms with Crippen molar-refractivity contribution in [2.75, 3.05) is 12.3 Å². The van der Waals surface area contributed by atoms with Gasteiger partial charge in [-0.05, 0) is 0 Å². The van der Waals surface area contributed by atoms with E-state index in [-0.39, 0.29) is 5.24 Å². The SMILES string of the molecule is FC(F)(F)C(F)(F)F.O=C1NCCS1. The number of carbonyl (C=O) groups is 1. The van der Waals surface area contributed by atoms with Crippen LogP contribution in [-0.4, -0.2) is 29.9 Å². The summed E-state index contributed by atoms with van der Waals surface area (Å²) in [5, 5.41) is 2.76. The van der Waals surface area contributed by atoms with Gasteiger partial charge in [-0.2, -0.15) is 26.3 Å². The Bertz CT molecular complexity index is 179. The summed E-state index contributed by atoms with van der Waals surface area (Å²) in [5.74, 6) is 0.943. The van der Waals surface area contributed by atoms with Gasteiger partial charge in [-0.25, -0.2) is 0 Å². The molecule has 1 aliphatic rings. The molecule has 0 bridgehead atoms. The van der Waals surface area contributed by atoms with Crippen LogP contribution in [-0.2, 0) is 0 Å². The molecule has 1 N–H and O–H groups in total. The number of amides is 1. The predicted octanol–water partition coefficient (Wildman–Crippen LogP) is 2.55. The zero-order chi connectivity index (χ0) is 11.4. The van der Waals surface area contributed by atoms with E-state index in [1.54, 1.807) is 0 Å². The lowest BCUT2D eigenvalue weighted by molar-refractivity contribution is -0.339. The lowest BCUT2D eigenvalue weighted by Crippen LogP contribution is -2.30. The zero-order valence-electron chi connectivity index (χ0n) is 6.50. The fraction of sp³-hybridized carbons (Fsp3) is 0.800. The lowest BCUT2D eigenvalue weighted by atomic mass is 10.7. The van der Waals surface area contributed by atoms with Gasteiger partial charge in [-0.15, -0.1) is 0 Å². The highest BCUT2D eigenvalue weighted by Crippen LogP contribution is 2.35. The molecule has 0 aliphatic carbocycles. The lowest BCUT2D eigenvalue weighted by Gasteiger charge is -2.08. The summed E-state index contributed by atoms with van der Waals surface area (Å²) in [6, 6.07) is 0. The second-order valence-electron chi connectivity index (χ2n) is 2.06. The molecular weight excluding hydrogens is 236 g/mol. The fourth-order valence-corrected chi connectivity index (χ4v) is 0.941. The molecule has 14 heavy (non-hydrogen) atoms. The third kappa shape index (κ3) is 5.20. The van der Waals surface area contributed by atoms with Crippen LogP contribution < -0.4 is 5.32 Å². The molecule has 9 heteroatoms. The van der Waals surface area contributed by atoms with Crippen molar-refractivity contribution in [2.45, 2.75) is 12.4 Å². The Balaban J connectivity index is 0.000000249. The fourth-order valence-electron chi connectivity index (χ4n) is 0.348. The van der Waals surface area contributed by atoms with E-state index in [0.29, 0.717) is 0 Å². The van der Waals surface area contributed by atoms with E-state index in [1.165, 1.54) is 11.8 Å². The molecule has 1 aliphatic heterocycles. The molecule has 1 rings (SSSR count). The highest BCUT2D eigenvalue weighted by Gasteiger charge is 2.58. The van der Waals surface area contributed by atoms with Crippen LogP contribution in [0, 0.1) is 0 Å². The molecule has 0 aromatic heterocycles. The maximum atomic E-state index is 10.4. The third-order valence-corrected chi connectivity index (χ3v) is 1.74. The van der Waals surface area contributed by atoms with Crippen LogP contribution in [0.3, 0.4) is 0 Å². The van der Waals surface area contributed by atoms with Crippen molar-refractivity contribution in [2.24, 2.45) is 0 Å². The van der Waals surface area contributed by atoms with Crippen LogP contribution in [0.25, 0.3) is 0 Å². The van der Waals surface area contributed by atoms with E-state index in [4.69, 9.17) is 0 Å². The van der Waals surface area contributed by atoms with Gasteiger partial charge in [0.1, 0.15) is 0 Å². The van der Waals surface area contributed by atoms with Crippen LogP contribution in [0.5, 0.6) is 0 Å². The van der Waals surface area contributed by atoms with Gasteiger partial charge in [0.25, 0.3) is 5.24 Å². The monoisotopic (exact) mass is 241 g/mol. The quantitative estimate of drug-likeness (QED) is 0.660. The summed E-state index contributed by atoms with van der Waals surface area (Å²) >= 11 is 1.35. The van der Waals surface area contributed by atoms with Crippen molar-refractivity contribution in [3.05, 3.63) is 0 Å². The Labute approximate surface area is 79.0 Å². The minimum absolute atomic E-state index is 0.120. The number of thioether (sulfide) groups is 1. The minimum Gasteiger partial charge on any atom is -0.346 e. The molecule has 1 saturated heterocycles. The van der Waals surface area contributed by atoms with Crippen LogP contribution in [0.1, 0.15) is 0 Å². The summed E-state index contributed by atoms with van der Waals surface area (Å²) < 4.78 is 62.6. The largest absolute Gasteiger partial charge is 0.487 e. The first-order chi connectivity index (χ1) is 6.14. The molecule has 0 saturated carbocycles. The first kappa shape index (κ1) is 13.4. The maximum Gasteiger partial charge on any atom is 0.487 e. The van der Waals surface area contributed by atoms with Crippen molar-refractivity contribution in [1.29, 1.82) is 0 Å². The first-order valence-electron chi connectivity index (χ1n) is 3.18. The molecule has 1 fully saturated rings. The number of nitrogens with one attached hydrogen (secondary N) is 1. The minimum atomic E-state index is -6.06. The van der Waals surface area contributed by atoms with E-state index < -0.39 is 12.4 Å². The Morgan fingerprint density at radius 1 is 1.07 bits per heavy atom. The van der Waals surface area contributed by atoms with Crippen LogP contribution >= 0.6 is 11.8 Å². The second kappa shape index (κ2) is 4.76. The number of rotatable bonds is 0. The van der Waals surface area contributed by atoms with Gasteiger partial charge in [-0.3, -0.25) is 4.79 Å². The van der Waals surface area contributed by atoms with E-state index in [9.17, 15) is 31.1 Å². The smallest absolute Gasteiger partial charge is 0.346 e. The summed E-state index contributed by atoms with van der Waals surface area (Å²) in [6.45, 7) is 0.851. The second-order valence-corrected chi connectivity index (χ2v) is 3.13. The van der Waals surface area contributed by atoms with E-state index in [2.05, 4.69) is 5.32 Å². The van der Waals surface area contributed by atoms with E-state index in [0.717, 1.165) is 12.3 Å². The Kier molecular flexibility index (Phi) is 4.56. The Hall–Kier alpha value is -0.600. The first-order valence-corrected chi connectivity index (χ1v) is 4.17. The Morgan fingerprint density at radius 3 is 1.57 bits per heavy atom. The average molecular weight is 241 g/mol. The molecule has 0 radical (unpaired) electrons. The molecular formula is C5H5F6NOS. The van der Waals surface area contributed by atoms with Gasteiger partial charge in [0.05, 0.1) is 0 Å². The summed E-state index contributed by atoms with van der Waals surface area (Å²) in [5.41, 5.74) is 0. The zero-order valence-corrected chi connectivity index (χ0v) is 7.31. The highest BCUT2D eigenvalue weighted by atomic mass is 32.2. The van der Waals surface area contributed by atoms with Gasteiger partial charge in [0.15, 0.2) is 0 Å². The van der Waals surface area contributed by atoms with Crippen LogP contribution in [0.15, 0.2) is 0 Å². The molecule has 0 spiro atoms. The molecule has 1 heterocycles. The highest BCUT2D eigenvalue weighted by molar-refractivity contribution is 8.13. The van der Waals surface area contributed by atoms with Gasteiger partial charge in [0.2, 0.25) is 0 Å². The number of hydrogen-bond acceptors (Lipinski definition) is 2. The molecule has 0 aromatic rings. The number of halogens is 6.